The van der Waals surface area contributed by atoms with Crippen molar-refractivity contribution in [2.75, 3.05) is 12.3 Å². The Morgan fingerprint density at radius 1 is 1.32 bits per heavy atom. The number of nitrogens with zero attached hydrogens (tertiary/aromatic N) is 1. The zero-order chi connectivity index (χ0) is 15.9. The van der Waals surface area contributed by atoms with Gasteiger partial charge in [0.25, 0.3) is 5.91 Å². The number of rotatable bonds is 5. The summed E-state index contributed by atoms with van der Waals surface area (Å²) in [7, 11) is 0. The fraction of sp³-hybridized carbons (Fsp3) is 0.438. The van der Waals surface area contributed by atoms with E-state index in [9.17, 15) is 9.59 Å². The van der Waals surface area contributed by atoms with Crippen LogP contribution in [0.4, 0.5) is 0 Å². The largest absolute Gasteiger partial charge is 0.340 e. The van der Waals surface area contributed by atoms with Crippen LogP contribution < -0.4 is 10.6 Å². The van der Waals surface area contributed by atoms with Crippen LogP contribution in [0.25, 0.3) is 0 Å². The smallest absolute Gasteiger partial charge is 0.251 e. The maximum atomic E-state index is 12.4. The van der Waals surface area contributed by atoms with Gasteiger partial charge in [0, 0.05) is 11.3 Å². The van der Waals surface area contributed by atoms with Crippen LogP contribution >= 0.6 is 11.8 Å². The van der Waals surface area contributed by atoms with Crippen molar-refractivity contribution in [1.82, 2.24) is 10.6 Å². The average Bonchev–Trinajstić information content (AvgIpc) is 3.05. The molecule has 0 bridgehead atoms. The van der Waals surface area contributed by atoms with Gasteiger partial charge in [-0.15, -0.1) is 0 Å². The van der Waals surface area contributed by atoms with Crippen molar-refractivity contribution < 1.29 is 9.59 Å². The molecule has 118 valence electrons. The van der Waals surface area contributed by atoms with Crippen LogP contribution in [0.3, 0.4) is 0 Å². The number of benzene rings is 1. The van der Waals surface area contributed by atoms with E-state index < -0.39 is 6.04 Å². The molecule has 0 saturated heterocycles. The molecular formula is C16H21N3O2S. The maximum Gasteiger partial charge on any atom is 0.251 e. The predicted molar refractivity (Wildman–Crippen MR) is 90.1 cm³/mol. The van der Waals surface area contributed by atoms with E-state index in [4.69, 9.17) is 0 Å². The van der Waals surface area contributed by atoms with Gasteiger partial charge in [-0.05, 0) is 18.1 Å². The lowest BCUT2D eigenvalue weighted by Gasteiger charge is -2.23. The van der Waals surface area contributed by atoms with E-state index >= 15 is 0 Å². The minimum Gasteiger partial charge on any atom is -0.340 e. The van der Waals surface area contributed by atoms with Gasteiger partial charge in [-0.3, -0.25) is 14.6 Å². The van der Waals surface area contributed by atoms with Gasteiger partial charge < -0.3 is 10.6 Å². The van der Waals surface area contributed by atoms with Crippen LogP contribution in [0.5, 0.6) is 0 Å². The average molecular weight is 319 g/mol. The molecule has 2 N–H and O–H groups in total. The highest BCUT2D eigenvalue weighted by Gasteiger charge is 2.27. The van der Waals surface area contributed by atoms with E-state index in [-0.39, 0.29) is 17.7 Å². The number of carbonyl (C=O) groups is 2. The first kappa shape index (κ1) is 16.5. The summed E-state index contributed by atoms with van der Waals surface area (Å²) >= 11 is 1.53. The first-order valence-corrected chi connectivity index (χ1v) is 8.44. The molecule has 2 atom stereocenters. The van der Waals surface area contributed by atoms with Gasteiger partial charge in [0.1, 0.15) is 6.04 Å². The van der Waals surface area contributed by atoms with E-state index in [2.05, 4.69) is 15.6 Å². The Bertz CT molecular complexity index is 560. The van der Waals surface area contributed by atoms with E-state index in [1.807, 2.05) is 19.9 Å². The van der Waals surface area contributed by atoms with E-state index in [1.165, 1.54) is 11.8 Å². The fourth-order valence-electron chi connectivity index (χ4n) is 2.11. The summed E-state index contributed by atoms with van der Waals surface area (Å²) in [6, 6.07) is 8.36. The molecule has 6 heteroatoms. The number of nitrogens with one attached hydrogen (secondary N) is 2. The Morgan fingerprint density at radius 2 is 2.05 bits per heavy atom. The standard InChI is InChI=1S/C16H21N3O2S/c1-3-11(2)13(15(21)19-16-17-9-10-22-16)18-14(20)12-7-5-4-6-8-12/h4-8,11,13H,3,9-10H2,1-2H3,(H,18,20)(H,17,19,21)/t11-,13+/m1/s1. The molecule has 0 unspecified atom stereocenters. The number of amidine groups is 1. The Morgan fingerprint density at radius 3 is 2.64 bits per heavy atom. The number of hydrogen-bond donors (Lipinski definition) is 2. The Balaban J connectivity index is 2.05. The molecule has 0 saturated carbocycles. The summed E-state index contributed by atoms with van der Waals surface area (Å²) in [5, 5.41) is 6.30. The van der Waals surface area contributed by atoms with Crippen LogP contribution in [-0.2, 0) is 4.79 Å². The number of aliphatic imine (C=N–C) groups is 1. The van der Waals surface area contributed by atoms with Crippen molar-refractivity contribution in [3.05, 3.63) is 35.9 Å². The van der Waals surface area contributed by atoms with Crippen molar-refractivity contribution in [2.45, 2.75) is 26.3 Å². The molecule has 2 amide bonds. The first-order chi connectivity index (χ1) is 10.6. The molecule has 22 heavy (non-hydrogen) atoms. The maximum absolute atomic E-state index is 12.4. The zero-order valence-electron chi connectivity index (χ0n) is 12.8. The molecule has 0 radical (unpaired) electrons. The number of amides is 2. The van der Waals surface area contributed by atoms with Gasteiger partial charge in [0.15, 0.2) is 5.17 Å². The molecule has 1 aliphatic heterocycles. The second kappa shape index (κ2) is 7.98. The summed E-state index contributed by atoms with van der Waals surface area (Å²) in [6.45, 7) is 4.69. The van der Waals surface area contributed by atoms with Crippen LogP contribution in [-0.4, -0.2) is 35.3 Å². The lowest BCUT2D eigenvalue weighted by Crippen LogP contribution is -2.51. The van der Waals surface area contributed by atoms with Crippen molar-refractivity contribution in [3.63, 3.8) is 0 Å². The highest BCUT2D eigenvalue weighted by Crippen LogP contribution is 2.13. The fourth-order valence-corrected chi connectivity index (χ4v) is 2.84. The molecule has 5 nitrogen and oxygen atoms in total. The Kier molecular flexibility index (Phi) is 6.00. The third-order valence-electron chi connectivity index (χ3n) is 3.63. The third kappa shape index (κ3) is 4.34. The molecule has 1 heterocycles. The highest BCUT2D eigenvalue weighted by molar-refractivity contribution is 8.14. The monoisotopic (exact) mass is 319 g/mol. The molecule has 1 aromatic carbocycles. The summed E-state index contributed by atoms with van der Waals surface area (Å²) in [5.41, 5.74) is 0.552. The Hall–Kier alpha value is -1.82. The molecule has 0 spiro atoms. The van der Waals surface area contributed by atoms with Gasteiger partial charge in [0.05, 0.1) is 6.54 Å². The van der Waals surface area contributed by atoms with E-state index in [1.54, 1.807) is 24.3 Å². The zero-order valence-corrected chi connectivity index (χ0v) is 13.7. The van der Waals surface area contributed by atoms with Crippen molar-refractivity contribution in [1.29, 1.82) is 0 Å². The second-order valence-electron chi connectivity index (χ2n) is 5.23. The molecule has 0 aliphatic carbocycles. The van der Waals surface area contributed by atoms with Gasteiger partial charge in [0.2, 0.25) is 5.91 Å². The summed E-state index contributed by atoms with van der Waals surface area (Å²) in [5.74, 6) is 0.494. The summed E-state index contributed by atoms with van der Waals surface area (Å²) < 4.78 is 0. The van der Waals surface area contributed by atoms with Crippen LogP contribution in [0.1, 0.15) is 30.6 Å². The molecule has 0 fully saturated rings. The minimum absolute atomic E-state index is 0.0414. The number of carbonyl (C=O) groups excluding carboxylic acids is 2. The van der Waals surface area contributed by atoms with Gasteiger partial charge in [-0.2, -0.15) is 0 Å². The van der Waals surface area contributed by atoms with Crippen LogP contribution in [0.15, 0.2) is 35.3 Å². The van der Waals surface area contributed by atoms with Crippen molar-refractivity contribution in [3.8, 4) is 0 Å². The predicted octanol–water partition coefficient (Wildman–Crippen LogP) is 2.05. The Labute approximate surface area is 135 Å². The third-order valence-corrected chi connectivity index (χ3v) is 4.52. The van der Waals surface area contributed by atoms with Crippen LogP contribution in [0.2, 0.25) is 0 Å². The van der Waals surface area contributed by atoms with Gasteiger partial charge in [-0.1, -0.05) is 50.2 Å². The topological polar surface area (TPSA) is 70.6 Å². The van der Waals surface area contributed by atoms with Crippen LogP contribution in [0, 0.1) is 5.92 Å². The molecule has 2 rings (SSSR count). The first-order valence-electron chi connectivity index (χ1n) is 7.45. The highest BCUT2D eigenvalue weighted by atomic mass is 32.2. The normalized spacial score (nSPS) is 16.5. The van der Waals surface area contributed by atoms with Gasteiger partial charge >= 0.3 is 0 Å². The lowest BCUT2D eigenvalue weighted by molar-refractivity contribution is -0.122. The molecule has 0 aromatic heterocycles. The second-order valence-corrected chi connectivity index (χ2v) is 6.31. The SMILES string of the molecule is CC[C@@H](C)[C@H](NC(=O)c1ccccc1)C(=O)NC1=NCCS1. The lowest BCUT2D eigenvalue weighted by atomic mass is 9.98. The van der Waals surface area contributed by atoms with Gasteiger partial charge in [-0.25, -0.2) is 0 Å². The molecular weight excluding hydrogens is 298 g/mol. The van der Waals surface area contributed by atoms with Crippen molar-refractivity contribution in [2.24, 2.45) is 10.9 Å². The van der Waals surface area contributed by atoms with E-state index in [0.29, 0.717) is 10.7 Å². The van der Waals surface area contributed by atoms with E-state index in [0.717, 1.165) is 18.7 Å². The van der Waals surface area contributed by atoms with Crippen molar-refractivity contribution >= 4 is 28.7 Å². The molecule has 1 aliphatic rings. The number of thioether (sulfide) groups is 1. The summed E-state index contributed by atoms with van der Waals surface area (Å²) in [6.07, 6.45) is 0.798. The quantitative estimate of drug-likeness (QED) is 0.872. The number of hydrogen-bond acceptors (Lipinski definition) is 4. The summed E-state index contributed by atoms with van der Waals surface area (Å²) in [4.78, 5) is 29.0. The molecule has 1 aromatic rings. The minimum atomic E-state index is -0.568.